The zero-order valence-electron chi connectivity index (χ0n) is 17.1. The van der Waals surface area contributed by atoms with Crippen LogP contribution in [0.4, 0.5) is 0 Å². The quantitative estimate of drug-likeness (QED) is 0.727. The molecule has 3 heterocycles. The molecule has 0 bridgehead atoms. The SMILES string of the molecule is C[Si](C)(CC1C2OC(c3ccccc3)OC2C2CCC(C#N)N21)c1ccccc1. The van der Waals surface area contributed by atoms with Crippen LogP contribution in [0.25, 0.3) is 0 Å². The summed E-state index contributed by atoms with van der Waals surface area (Å²) < 4.78 is 13.0. The van der Waals surface area contributed by atoms with Gasteiger partial charge in [-0.3, -0.25) is 4.90 Å². The number of benzene rings is 2. The van der Waals surface area contributed by atoms with Crippen LogP contribution < -0.4 is 5.19 Å². The highest BCUT2D eigenvalue weighted by Crippen LogP contribution is 2.48. The summed E-state index contributed by atoms with van der Waals surface area (Å²) in [5, 5.41) is 11.2. The lowest BCUT2D eigenvalue weighted by atomic mass is 10.0. The van der Waals surface area contributed by atoms with E-state index in [0.717, 1.165) is 24.4 Å². The van der Waals surface area contributed by atoms with Crippen LogP contribution >= 0.6 is 0 Å². The summed E-state index contributed by atoms with van der Waals surface area (Å²) in [5.74, 6) is 0. The van der Waals surface area contributed by atoms with Crippen LogP contribution in [0.15, 0.2) is 60.7 Å². The molecule has 0 aromatic heterocycles. The fourth-order valence-electron chi connectivity index (χ4n) is 5.58. The Morgan fingerprint density at radius 3 is 2.31 bits per heavy atom. The molecule has 3 aliphatic heterocycles. The van der Waals surface area contributed by atoms with Crippen LogP contribution in [0, 0.1) is 11.3 Å². The third-order valence-corrected chi connectivity index (χ3v) is 10.3. The zero-order valence-corrected chi connectivity index (χ0v) is 18.1. The second-order valence-corrected chi connectivity index (χ2v) is 14.0. The van der Waals surface area contributed by atoms with E-state index in [1.807, 2.05) is 18.2 Å². The number of rotatable bonds is 4. The number of nitrogens with zero attached hydrogens (tertiary/aromatic N) is 2. The summed E-state index contributed by atoms with van der Waals surface area (Å²) in [6, 6.07) is 25.3. The van der Waals surface area contributed by atoms with Gasteiger partial charge in [0.05, 0.1) is 20.2 Å². The van der Waals surface area contributed by atoms with Crippen molar-refractivity contribution < 1.29 is 9.47 Å². The lowest BCUT2D eigenvalue weighted by Crippen LogP contribution is -2.51. The van der Waals surface area contributed by atoms with Crippen molar-refractivity contribution in [3.8, 4) is 6.07 Å². The summed E-state index contributed by atoms with van der Waals surface area (Å²) >= 11 is 0. The summed E-state index contributed by atoms with van der Waals surface area (Å²) in [6.45, 7) is 4.87. The van der Waals surface area contributed by atoms with E-state index in [4.69, 9.17) is 9.47 Å². The second kappa shape index (κ2) is 7.37. The first-order chi connectivity index (χ1) is 14.1. The molecule has 3 aliphatic rings. The van der Waals surface area contributed by atoms with Gasteiger partial charge in [-0.25, -0.2) is 0 Å². The van der Waals surface area contributed by atoms with Gasteiger partial charge in [0.25, 0.3) is 0 Å². The van der Waals surface area contributed by atoms with E-state index in [1.54, 1.807) is 0 Å². The molecular formula is C24H28N2O2Si. The Labute approximate surface area is 174 Å². The molecule has 3 saturated heterocycles. The molecule has 29 heavy (non-hydrogen) atoms. The zero-order chi connectivity index (χ0) is 20.0. The van der Waals surface area contributed by atoms with Gasteiger partial charge in [-0.2, -0.15) is 5.26 Å². The molecule has 0 saturated carbocycles. The first-order valence-corrected chi connectivity index (χ1v) is 13.9. The molecule has 5 heteroatoms. The van der Waals surface area contributed by atoms with Gasteiger partial charge in [0.1, 0.15) is 12.2 Å². The summed E-state index contributed by atoms with van der Waals surface area (Å²) in [7, 11) is -1.69. The van der Waals surface area contributed by atoms with Gasteiger partial charge in [-0.05, 0) is 18.9 Å². The number of hydrogen-bond acceptors (Lipinski definition) is 4. The molecular weight excluding hydrogens is 376 g/mol. The number of nitriles is 1. The fourth-order valence-corrected chi connectivity index (χ4v) is 8.40. The largest absolute Gasteiger partial charge is 0.341 e. The number of ether oxygens (including phenoxy) is 2. The van der Waals surface area contributed by atoms with Crippen molar-refractivity contribution in [3.63, 3.8) is 0 Å². The van der Waals surface area contributed by atoms with Crippen molar-refractivity contribution in [1.29, 1.82) is 5.26 Å². The molecule has 6 atom stereocenters. The lowest BCUT2D eigenvalue weighted by Gasteiger charge is -2.35. The lowest BCUT2D eigenvalue weighted by molar-refractivity contribution is -0.0971. The predicted octanol–water partition coefficient (Wildman–Crippen LogP) is 3.82. The standard InChI is InChI=1S/C24H28N2O2Si/c1-29(2,19-11-7-4-8-12-19)16-21-23-22(20-14-13-18(15-25)26(20)21)27-24(28-23)17-9-5-3-6-10-17/h3-12,18,20-24H,13-14,16H2,1-2H3. The second-order valence-electron chi connectivity index (χ2n) is 9.20. The third kappa shape index (κ3) is 3.25. The van der Waals surface area contributed by atoms with Gasteiger partial charge >= 0.3 is 0 Å². The molecule has 4 nitrogen and oxygen atoms in total. The van der Waals surface area contributed by atoms with Gasteiger partial charge in [-0.1, -0.05) is 78.9 Å². The third-order valence-electron chi connectivity index (χ3n) is 7.00. The average Bonchev–Trinajstić information content (AvgIpc) is 3.43. The van der Waals surface area contributed by atoms with Crippen LogP contribution in [0.5, 0.6) is 0 Å². The summed E-state index contributed by atoms with van der Waals surface area (Å²) in [5.41, 5.74) is 1.08. The van der Waals surface area contributed by atoms with Gasteiger partial charge in [-0.15, -0.1) is 0 Å². The minimum absolute atomic E-state index is 0.0152. The molecule has 150 valence electrons. The van der Waals surface area contributed by atoms with Crippen LogP contribution in [0.2, 0.25) is 19.1 Å². The van der Waals surface area contributed by atoms with Crippen LogP contribution in [-0.2, 0) is 9.47 Å². The van der Waals surface area contributed by atoms with Crippen molar-refractivity contribution in [1.82, 2.24) is 4.90 Å². The van der Waals surface area contributed by atoms with Crippen molar-refractivity contribution in [2.75, 3.05) is 0 Å². The molecule has 0 N–H and O–H groups in total. The maximum Gasteiger partial charge on any atom is 0.184 e. The Hall–Kier alpha value is -1.97. The topological polar surface area (TPSA) is 45.5 Å². The van der Waals surface area contributed by atoms with Crippen LogP contribution in [0.1, 0.15) is 24.7 Å². The van der Waals surface area contributed by atoms with Gasteiger partial charge < -0.3 is 9.47 Å². The summed E-state index contributed by atoms with van der Waals surface area (Å²) in [6.07, 6.45) is 1.77. The average molecular weight is 405 g/mol. The van der Waals surface area contributed by atoms with Crippen LogP contribution in [0.3, 0.4) is 0 Å². The van der Waals surface area contributed by atoms with Crippen molar-refractivity contribution >= 4 is 13.3 Å². The minimum atomic E-state index is -1.69. The van der Waals surface area contributed by atoms with Crippen LogP contribution in [-0.4, -0.2) is 43.3 Å². The Balaban J connectivity index is 1.45. The highest BCUT2D eigenvalue weighted by Gasteiger charge is 2.60. The fraction of sp³-hybridized carbons (Fsp3) is 0.458. The monoisotopic (exact) mass is 404 g/mol. The number of fused-ring (bicyclic) bond motifs is 3. The molecule has 0 aliphatic carbocycles. The van der Waals surface area contributed by atoms with Crippen molar-refractivity contribution in [3.05, 3.63) is 66.2 Å². The first-order valence-electron chi connectivity index (χ1n) is 10.7. The predicted molar refractivity (Wildman–Crippen MR) is 115 cm³/mol. The maximum absolute atomic E-state index is 9.78. The normalized spacial score (nSPS) is 34.0. The highest BCUT2D eigenvalue weighted by atomic mass is 28.3. The van der Waals surface area contributed by atoms with E-state index in [1.165, 1.54) is 5.19 Å². The molecule has 5 rings (SSSR count). The van der Waals surface area contributed by atoms with E-state index in [-0.39, 0.29) is 30.6 Å². The molecule has 0 amide bonds. The molecule has 2 aromatic carbocycles. The first kappa shape index (κ1) is 19.0. The molecule has 2 aromatic rings. The molecule has 3 fully saturated rings. The maximum atomic E-state index is 9.78. The van der Waals surface area contributed by atoms with Crippen molar-refractivity contribution in [2.45, 2.75) is 68.6 Å². The van der Waals surface area contributed by atoms with Gasteiger partial charge in [0, 0.05) is 17.6 Å². The minimum Gasteiger partial charge on any atom is -0.341 e. The Kier molecular flexibility index (Phi) is 4.83. The van der Waals surface area contributed by atoms with E-state index >= 15 is 0 Å². The molecule has 0 radical (unpaired) electrons. The molecule has 6 unspecified atom stereocenters. The number of hydrogen-bond donors (Lipinski definition) is 0. The van der Waals surface area contributed by atoms with E-state index in [9.17, 15) is 5.26 Å². The van der Waals surface area contributed by atoms with Gasteiger partial charge in [0.2, 0.25) is 0 Å². The Morgan fingerprint density at radius 1 is 0.966 bits per heavy atom. The smallest absolute Gasteiger partial charge is 0.184 e. The van der Waals surface area contributed by atoms with E-state index < -0.39 is 8.07 Å². The highest BCUT2D eigenvalue weighted by molar-refractivity contribution is 6.89. The van der Waals surface area contributed by atoms with E-state index in [2.05, 4.69) is 66.5 Å². The Morgan fingerprint density at radius 2 is 1.62 bits per heavy atom. The van der Waals surface area contributed by atoms with E-state index in [0.29, 0.717) is 6.04 Å². The van der Waals surface area contributed by atoms with Gasteiger partial charge in [0.15, 0.2) is 6.29 Å². The van der Waals surface area contributed by atoms with Crippen molar-refractivity contribution in [2.24, 2.45) is 0 Å². The Bertz CT molecular complexity index is 898. The summed E-state index contributed by atoms with van der Waals surface area (Å²) in [4.78, 5) is 2.45. The molecule has 0 spiro atoms.